The SMILES string of the molecule is C=CCOc1ccc(/C=C(\C#N)C(=O)Nc2c(Cl)cccc2Cl)cc1. The van der Waals surface area contributed by atoms with Crippen LogP contribution >= 0.6 is 23.2 Å². The van der Waals surface area contributed by atoms with E-state index in [1.165, 1.54) is 6.08 Å². The summed E-state index contributed by atoms with van der Waals surface area (Å²) in [4.78, 5) is 12.3. The van der Waals surface area contributed by atoms with E-state index in [0.29, 0.717) is 28.0 Å². The highest BCUT2D eigenvalue weighted by molar-refractivity contribution is 6.40. The number of ether oxygens (including phenoxy) is 1. The molecule has 4 nitrogen and oxygen atoms in total. The van der Waals surface area contributed by atoms with Gasteiger partial charge in [0.15, 0.2) is 0 Å². The van der Waals surface area contributed by atoms with Gasteiger partial charge in [0.25, 0.3) is 5.91 Å². The Balaban J connectivity index is 2.18. The maximum absolute atomic E-state index is 12.3. The summed E-state index contributed by atoms with van der Waals surface area (Å²) in [5.74, 6) is 0.0762. The predicted molar refractivity (Wildman–Crippen MR) is 101 cm³/mol. The number of hydrogen-bond acceptors (Lipinski definition) is 3. The third kappa shape index (κ3) is 5.12. The van der Waals surface area contributed by atoms with Crippen LogP contribution in [0.3, 0.4) is 0 Å². The molecule has 0 fully saturated rings. The van der Waals surface area contributed by atoms with E-state index >= 15 is 0 Å². The fourth-order valence-electron chi connectivity index (χ4n) is 1.93. The van der Waals surface area contributed by atoms with E-state index in [0.717, 1.165) is 0 Å². The number of halogens is 2. The number of hydrogen-bond donors (Lipinski definition) is 1. The number of amides is 1. The average Bonchev–Trinajstić information content (AvgIpc) is 2.62. The first kappa shape index (κ1) is 18.6. The van der Waals surface area contributed by atoms with Crippen LogP contribution in [-0.2, 0) is 4.79 Å². The van der Waals surface area contributed by atoms with Crippen molar-refractivity contribution in [3.05, 3.63) is 76.3 Å². The summed E-state index contributed by atoms with van der Waals surface area (Å²) in [5, 5.41) is 12.4. The molecule has 0 spiro atoms. The second kappa shape index (κ2) is 8.93. The van der Waals surface area contributed by atoms with Crippen molar-refractivity contribution in [3.63, 3.8) is 0 Å². The molecule has 2 rings (SSSR count). The van der Waals surface area contributed by atoms with Crippen molar-refractivity contribution in [2.45, 2.75) is 0 Å². The van der Waals surface area contributed by atoms with E-state index < -0.39 is 5.91 Å². The third-order valence-electron chi connectivity index (χ3n) is 3.13. The molecule has 0 bridgehead atoms. The highest BCUT2D eigenvalue weighted by Crippen LogP contribution is 2.30. The number of carbonyl (C=O) groups is 1. The molecule has 0 aliphatic heterocycles. The van der Waals surface area contributed by atoms with Crippen LogP contribution in [0.1, 0.15) is 5.56 Å². The van der Waals surface area contributed by atoms with Crippen molar-refractivity contribution >= 4 is 40.9 Å². The normalized spacial score (nSPS) is 10.7. The molecule has 2 aromatic carbocycles. The molecule has 0 aromatic heterocycles. The average molecular weight is 373 g/mol. The summed E-state index contributed by atoms with van der Waals surface area (Å²) in [6, 6.07) is 13.7. The molecule has 0 aliphatic carbocycles. The molecule has 0 aliphatic rings. The number of carbonyl (C=O) groups excluding carboxylic acids is 1. The lowest BCUT2D eigenvalue weighted by Crippen LogP contribution is -2.14. The number of anilines is 1. The van der Waals surface area contributed by atoms with Gasteiger partial charge in [-0.05, 0) is 35.9 Å². The maximum Gasteiger partial charge on any atom is 0.266 e. The molecule has 0 saturated carbocycles. The van der Waals surface area contributed by atoms with E-state index in [2.05, 4.69) is 11.9 Å². The Morgan fingerprint density at radius 3 is 2.40 bits per heavy atom. The summed E-state index contributed by atoms with van der Waals surface area (Å²) in [7, 11) is 0. The van der Waals surface area contributed by atoms with E-state index in [1.807, 2.05) is 6.07 Å². The third-order valence-corrected chi connectivity index (χ3v) is 3.76. The molecule has 6 heteroatoms. The van der Waals surface area contributed by atoms with Gasteiger partial charge in [0.2, 0.25) is 0 Å². The van der Waals surface area contributed by atoms with Crippen LogP contribution in [0.5, 0.6) is 5.75 Å². The van der Waals surface area contributed by atoms with E-state index in [1.54, 1.807) is 48.5 Å². The van der Waals surface area contributed by atoms with E-state index in [-0.39, 0.29) is 11.3 Å². The Morgan fingerprint density at radius 1 is 1.20 bits per heavy atom. The molecule has 25 heavy (non-hydrogen) atoms. The van der Waals surface area contributed by atoms with Gasteiger partial charge in [-0.3, -0.25) is 4.79 Å². The standard InChI is InChI=1S/C19H14Cl2N2O2/c1-2-10-25-15-8-6-13(7-9-15)11-14(12-22)19(24)23-18-16(20)4-3-5-17(18)21/h2-9,11H,1,10H2,(H,23,24)/b14-11+. The monoisotopic (exact) mass is 372 g/mol. The first-order valence-corrected chi connectivity index (χ1v) is 8.01. The summed E-state index contributed by atoms with van der Waals surface area (Å²) >= 11 is 12.0. The zero-order chi connectivity index (χ0) is 18.2. The number of nitrogens with one attached hydrogen (secondary N) is 1. The lowest BCUT2D eigenvalue weighted by atomic mass is 10.1. The largest absolute Gasteiger partial charge is 0.490 e. The van der Waals surface area contributed by atoms with E-state index in [4.69, 9.17) is 27.9 Å². The molecular weight excluding hydrogens is 359 g/mol. The molecule has 0 unspecified atom stereocenters. The van der Waals surface area contributed by atoms with Crippen molar-refractivity contribution in [2.75, 3.05) is 11.9 Å². The first-order chi connectivity index (χ1) is 12.0. The minimum Gasteiger partial charge on any atom is -0.490 e. The number of nitrogens with zero attached hydrogens (tertiary/aromatic N) is 1. The molecule has 2 aromatic rings. The smallest absolute Gasteiger partial charge is 0.266 e. The molecule has 0 radical (unpaired) electrons. The van der Waals surface area contributed by atoms with Gasteiger partial charge in [0.05, 0.1) is 15.7 Å². The van der Waals surface area contributed by atoms with Crippen LogP contribution in [0.25, 0.3) is 6.08 Å². The lowest BCUT2D eigenvalue weighted by Gasteiger charge is -2.08. The molecule has 126 valence electrons. The van der Waals surface area contributed by atoms with Gasteiger partial charge in [-0.25, -0.2) is 0 Å². The van der Waals surface area contributed by atoms with Crippen LogP contribution < -0.4 is 10.1 Å². The van der Waals surface area contributed by atoms with Gasteiger partial charge in [0.1, 0.15) is 24.0 Å². The van der Waals surface area contributed by atoms with Gasteiger partial charge in [-0.2, -0.15) is 5.26 Å². The summed E-state index contributed by atoms with van der Waals surface area (Å²) in [5.41, 5.74) is 0.879. The maximum atomic E-state index is 12.3. The highest BCUT2D eigenvalue weighted by atomic mass is 35.5. The highest BCUT2D eigenvalue weighted by Gasteiger charge is 2.13. The second-order valence-electron chi connectivity index (χ2n) is 4.89. The Hall–Kier alpha value is -2.74. The van der Waals surface area contributed by atoms with Crippen molar-refractivity contribution < 1.29 is 9.53 Å². The van der Waals surface area contributed by atoms with Gasteiger partial charge in [0, 0.05) is 0 Å². The Kier molecular flexibility index (Phi) is 6.64. The topological polar surface area (TPSA) is 62.1 Å². The zero-order valence-corrected chi connectivity index (χ0v) is 14.6. The van der Waals surface area contributed by atoms with Crippen molar-refractivity contribution in [2.24, 2.45) is 0 Å². The quantitative estimate of drug-likeness (QED) is 0.435. The predicted octanol–water partition coefficient (Wildman–Crippen LogP) is 5.10. The van der Waals surface area contributed by atoms with Crippen LogP contribution in [0, 0.1) is 11.3 Å². The number of benzene rings is 2. The summed E-state index contributed by atoms with van der Waals surface area (Å²) in [6.45, 7) is 3.98. The Morgan fingerprint density at radius 2 is 1.84 bits per heavy atom. The molecular formula is C19H14Cl2N2O2. The molecule has 0 saturated heterocycles. The van der Waals surface area contributed by atoms with E-state index in [9.17, 15) is 10.1 Å². The van der Waals surface area contributed by atoms with Gasteiger partial charge >= 0.3 is 0 Å². The number of para-hydroxylation sites is 1. The molecule has 0 atom stereocenters. The molecule has 0 heterocycles. The Bertz CT molecular complexity index is 832. The van der Waals surface area contributed by atoms with Crippen molar-refractivity contribution in [1.29, 1.82) is 5.26 Å². The minimum absolute atomic E-state index is 0.0734. The van der Waals surface area contributed by atoms with Crippen molar-refractivity contribution in [1.82, 2.24) is 0 Å². The van der Waals surface area contributed by atoms with Crippen LogP contribution in [-0.4, -0.2) is 12.5 Å². The number of rotatable bonds is 6. The van der Waals surface area contributed by atoms with Gasteiger partial charge in [-0.15, -0.1) is 0 Å². The fourth-order valence-corrected chi connectivity index (χ4v) is 2.42. The number of nitriles is 1. The molecule has 1 amide bonds. The first-order valence-electron chi connectivity index (χ1n) is 7.26. The minimum atomic E-state index is -0.593. The lowest BCUT2D eigenvalue weighted by molar-refractivity contribution is -0.112. The van der Waals surface area contributed by atoms with Gasteiger partial charge in [-0.1, -0.05) is 54.1 Å². The van der Waals surface area contributed by atoms with Crippen LogP contribution in [0.4, 0.5) is 5.69 Å². The fraction of sp³-hybridized carbons (Fsp3) is 0.0526. The van der Waals surface area contributed by atoms with Crippen LogP contribution in [0.2, 0.25) is 10.0 Å². The summed E-state index contributed by atoms with van der Waals surface area (Å²) in [6.07, 6.45) is 3.11. The van der Waals surface area contributed by atoms with Crippen molar-refractivity contribution in [3.8, 4) is 11.8 Å². The second-order valence-corrected chi connectivity index (χ2v) is 5.70. The van der Waals surface area contributed by atoms with Gasteiger partial charge < -0.3 is 10.1 Å². The Labute approximate surface area is 155 Å². The van der Waals surface area contributed by atoms with Crippen LogP contribution in [0.15, 0.2) is 60.7 Å². The summed E-state index contributed by atoms with van der Waals surface area (Å²) < 4.78 is 5.38. The molecule has 1 N–H and O–H groups in total. The zero-order valence-electron chi connectivity index (χ0n) is 13.1.